The Balaban J connectivity index is 1.59. The second kappa shape index (κ2) is 5.98. The van der Waals surface area contributed by atoms with E-state index in [1.165, 1.54) is 10.8 Å². The Morgan fingerprint density at radius 2 is 1.88 bits per heavy atom. The number of rotatable bonds is 3. The molecular weight excluding hydrogens is 318 g/mol. The molecule has 0 unspecified atom stereocenters. The number of ketones is 1. The number of nitrogens with one attached hydrogen (secondary N) is 1. The van der Waals surface area contributed by atoms with Gasteiger partial charge in [-0.2, -0.15) is 0 Å². The first-order valence-electron chi connectivity index (χ1n) is 7.99. The number of nitrogens with zero attached hydrogens (tertiary/aromatic N) is 2. The van der Waals surface area contributed by atoms with Gasteiger partial charge < -0.3 is 5.32 Å². The van der Waals surface area contributed by atoms with Crippen molar-refractivity contribution in [2.24, 2.45) is 0 Å². The minimum Gasteiger partial charge on any atom is -0.347 e. The highest BCUT2D eigenvalue weighted by Crippen LogP contribution is 2.30. The summed E-state index contributed by atoms with van der Waals surface area (Å²) in [5.41, 5.74) is 2.40. The van der Waals surface area contributed by atoms with Gasteiger partial charge in [-0.05, 0) is 17.7 Å². The molecule has 6 heteroatoms. The van der Waals surface area contributed by atoms with Crippen LogP contribution in [0.3, 0.4) is 0 Å². The van der Waals surface area contributed by atoms with Crippen molar-refractivity contribution in [1.29, 1.82) is 0 Å². The molecule has 1 N–H and O–H groups in total. The summed E-state index contributed by atoms with van der Waals surface area (Å²) in [5, 5.41) is 2.87. The van der Waals surface area contributed by atoms with Gasteiger partial charge in [-0.15, -0.1) is 0 Å². The summed E-state index contributed by atoms with van der Waals surface area (Å²) in [6, 6.07) is 14.1. The molecule has 25 heavy (non-hydrogen) atoms. The van der Waals surface area contributed by atoms with Crippen molar-refractivity contribution >= 4 is 22.7 Å². The number of carbonyl (C=O) groups excluding carboxylic acids is 2. The number of aromatic nitrogens is 2. The van der Waals surface area contributed by atoms with E-state index in [0.29, 0.717) is 16.6 Å². The Morgan fingerprint density at radius 1 is 1.12 bits per heavy atom. The van der Waals surface area contributed by atoms with Crippen LogP contribution in [0.1, 0.15) is 28.4 Å². The summed E-state index contributed by atoms with van der Waals surface area (Å²) in [5.74, 6) is -0.291. The molecular formula is C19H15N3O3. The molecule has 1 amide bonds. The number of hydrogen-bond acceptors (Lipinski definition) is 4. The Labute approximate surface area is 143 Å². The number of para-hydroxylation sites is 2. The third-order valence-electron chi connectivity index (χ3n) is 4.42. The lowest BCUT2D eigenvalue weighted by atomic mass is 10.1. The standard InChI is InChI=1S/C19H15N3O3/c23-17-9-15(12-5-1-2-6-13(12)17)21-18(24)11-22-16-8-4-3-7-14(16)20-10-19(22)25/h1-8,10,15H,9,11H2,(H,21,24)/t15-/m1/s1. The first kappa shape index (κ1) is 15.3. The van der Waals surface area contributed by atoms with E-state index in [2.05, 4.69) is 10.3 Å². The number of Topliss-reactive ketones (excluding diaryl/α,β-unsaturated/α-hetero) is 1. The van der Waals surface area contributed by atoms with Crippen LogP contribution in [-0.2, 0) is 11.3 Å². The Hall–Kier alpha value is -3.28. The molecule has 0 saturated carbocycles. The van der Waals surface area contributed by atoms with E-state index >= 15 is 0 Å². The van der Waals surface area contributed by atoms with Crippen LogP contribution in [0.4, 0.5) is 0 Å². The summed E-state index contributed by atoms with van der Waals surface area (Å²) in [6.45, 7) is -0.116. The van der Waals surface area contributed by atoms with Gasteiger partial charge in [0, 0.05) is 12.0 Å². The third-order valence-corrected chi connectivity index (χ3v) is 4.42. The number of fused-ring (bicyclic) bond motifs is 2. The Morgan fingerprint density at radius 3 is 2.76 bits per heavy atom. The van der Waals surface area contributed by atoms with Crippen molar-refractivity contribution < 1.29 is 9.59 Å². The van der Waals surface area contributed by atoms with Crippen LogP contribution in [0.25, 0.3) is 11.0 Å². The van der Waals surface area contributed by atoms with Gasteiger partial charge in [0.05, 0.1) is 23.3 Å². The minimum absolute atomic E-state index is 0.0208. The molecule has 0 radical (unpaired) electrons. The molecule has 0 spiro atoms. The number of carbonyl (C=O) groups is 2. The molecule has 0 bridgehead atoms. The Kier molecular flexibility index (Phi) is 3.65. The fraction of sp³-hybridized carbons (Fsp3) is 0.158. The van der Waals surface area contributed by atoms with Crippen LogP contribution in [0.5, 0.6) is 0 Å². The molecule has 1 aliphatic carbocycles. The van der Waals surface area contributed by atoms with Crippen LogP contribution in [0.15, 0.2) is 59.5 Å². The van der Waals surface area contributed by atoms with E-state index in [0.717, 1.165) is 5.56 Å². The maximum Gasteiger partial charge on any atom is 0.269 e. The van der Waals surface area contributed by atoms with Crippen molar-refractivity contribution in [3.8, 4) is 0 Å². The van der Waals surface area contributed by atoms with E-state index in [1.54, 1.807) is 24.3 Å². The van der Waals surface area contributed by atoms with E-state index in [-0.39, 0.29) is 36.3 Å². The lowest BCUT2D eigenvalue weighted by molar-refractivity contribution is -0.122. The zero-order valence-electron chi connectivity index (χ0n) is 13.3. The van der Waals surface area contributed by atoms with Crippen LogP contribution >= 0.6 is 0 Å². The molecule has 1 aromatic heterocycles. The Bertz CT molecular complexity index is 1050. The average Bonchev–Trinajstić information content (AvgIpc) is 2.94. The minimum atomic E-state index is -0.347. The van der Waals surface area contributed by atoms with Crippen molar-refractivity contribution in [2.45, 2.75) is 19.0 Å². The van der Waals surface area contributed by atoms with Crippen molar-refractivity contribution in [3.05, 3.63) is 76.2 Å². The fourth-order valence-electron chi connectivity index (χ4n) is 3.25. The van der Waals surface area contributed by atoms with Gasteiger partial charge >= 0.3 is 0 Å². The molecule has 1 atom stereocenters. The van der Waals surface area contributed by atoms with Gasteiger partial charge in [-0.1, -0.05) is 36.4 Å². The van der Waals surface area contributed by atoms with E-state index in [4.69, 9.17) is 0 Å². The van der Waals surface area contributed by atoms with Crippen LogP contribution < -0.4 is 10.9 Å². The maximum atomic E-state index is 12.5. The summed E-state index contributed by atoms with van der Waals surface area (Å²) in [6.07, 6.45) is 1.46. The zero-order chi connectivity index (χ0) is 17.4. The highest BCUT2D eigenvalue weighted by atomic mass is 16.2. The van der Waals surface area contributed by atoms with Crippen molar-refractivity contribution in [1.82, 2.24) is 14.9 Å². The molecule has 1 aliphatic rings. The van der Waals surface area contributed by atoms with Crippen LogP contribution in [0.2, 0.25) is 0 Å². The lowest BCUT2D eigenvalue weighted by Gasteiger charge is -2.15. The summed E-state index contributed by atoms with van der Waals surface area (Å²) < 4.78 is 1.39. The largest absolute Gasteiger partial charge is 0.347 e. The van der Waals surface area contributed by atoms with Crippen LogP contribution in [0, 0.1) is 0 Å². The van der Waals surface area contributed by atoms with Gasteiger partial charge in [0.15, 0.2) is 5.78 Å². The molecule has 0 saturated heterocycles. The predicted octanol–water partition coefficient (Wildman–Crippen LogP) is 1.84. The molecule has 124 valence electrons. The van der Waals surface area contributed by atoms with E-state index in [1.807, 2.05) is 24.3 Å². The topological polar surface area (TPSA) is 81.1 Å². The van der Waals surface area contributed by atoms with Crippen molar-refractivity contribution in [3.63, 3.8) is 0 Å². The van der Waals surface area contributed by atoms with Gasteiger partial charge in [-0.3, -0.25) is 19.0 Å². The summed E-state index contributed by atoms with van der Waals surface area (Å²) in [7, 11) is 0. The molecule has 3 aromatic rings. The second-order valence-electron chi connectivity index (χ2n) is 6.01. The SMILES string of the molecule is O=C(Cn1c(=O)cnc2ccccc21)N[C@@H]1CC(=O)c2ccccc21. The normalized spacial score (nSPS) is 16.0. The maximum absolute atomic E-state index is 12.5. The molecule has 0 aliphatic heterocycles. The molecule has 2 aromatic carbocycles. The highest BCUT2D eigenvalue weighted by molar-refractivity contribution is 6.01. The third kappa shape index (κ3) is 2.71. The lowest BCUT2D eigenvalue weighted by Crippen LogP contribution is -2.34. The van der Waals surface area contributed by atoms with Gasteiger partial charge in [0.2, 0.25) is 5.91 Å². The predicted molar refractivity (Wildman–Crippen MR) is 92.3 cm³/mol. The average molecular weight is 333 g/mol. The van der Waals surface area contributed by atoms with Gasteiger partial charge in [-0.25, -0.2) is 4.98 Å². The van der Waals surface area contributed by atoms with E-state index < -0.39 is 0 Å². The zero-order valence-corrected chi connectivity index (χ0v) is 13.3. The second-order valence-corrected chi connectivity index (χ2v) is 6.01. The molecule has 4 rings (SSSR count). The fourth-order valence-corrected chi connectivity index (χ4v) is 3.25. The van der Waals surface area contributed by atoms with Crippen LogP contribution in [-0.4, -0.2) is 21.2 Å². The monoisotopic (exact) mass is 333 g/mol. The van der Waals surface area contributed by atoms with Crippen molar-refractivity contribution in [2.75, 3.05) is 0 Å². The summed E-state index contributed by atoms with van der Waals surface area (Å²) >= 11 is 0. The first-order chi connectivity index (χ1) is 12.1. The molecule has 0 fully saturated rings. The number of hydrogen-bond donors (Lipinski definition) is 1. The quantitative estimate of drug-likeness (QED) is 0.793. The van der Waals surface area contributed by atoms with Gasteiger partial charge in [0.1, 0.15) is 6.54 Å². The molecule has 1 heterocycles. The number of benzene rings is 2. The smallest absolute Gasteiger partial charge is 0.269 e. The summed E-state index contributed by atoms with van der Waals surface area (Å²) in [4.78, 5) is 40.7. The number of amides is 1. The highest BCUT2D eigenvalue weighted by Gasteiger charge is 2.29. The van der Waals surface area contributed by atoms with E-state index in [9.17, 15) is 14.4 Å². The van der Waals surface area contributed by atoms with Gasteiger partial charge in [0.25, 0.3) is 5.56 Å². The first-order valence-corrected chi connectivity index (χ1v) is 7.99. The molecule has 6 nitrogen and oxygen atoms in total.